The molecule has 0 fully saturated rings. The SMILES string of the molecule is C[n+]1ccc(C=O)cc1.C[n+]1ccccc1C=O.Cc1c(C=O)cc(C)c2c1c1ccccc1n2C. The quantitative estimate of drug-likeness (QED) is 0.283. The standard InChI is InChI=1S/C16H15NO.2C7H8NO/c1-10-8-12(9-18)11(2)15-13-6-4-5-7-14(13)17(3)16(10)15;1-8-4-2-7(6-9)3-5-8;1-8-5-3-2-4-7(8)6-9/h4-9H,1-3H3;2*2-6H,1H3/q;2*+1. The Morgan fingerprint density at radius 3 is 2.03 bits per heavy atom. The molecule has 0 N–H and O–H groups in total. The number of hydrogen-bond acceptors (Lipinski definition) is 3. The summed E-state index contributed by atoms with van der Waals surface area (Å²) in [6, 6.07) is 19.3. The maximum absolute atomic E-state index is 11.2. The van der Waals surface area contributed by atoms with Gasteiger partial charge >= 0.3 is 0 Å². The molecule has 182 valence electrons. The average Bonchev–Trinajstić information content (AvgIpc) is 3.21. The van der Waals surface area contributed by atoms with E-state index in [0.29, 0.717) is 11.3 Å². The van der Waals surface area contributed by atoms with Crippen LogP contribution in [0.15, 0.2) is 79.3 Å². The van der Waals surface area contributed by atoms with Crippen molar-refractivity contribution >= 4 is 40.7 Å². The summed E-state index contributed by atoms with van der Waals surface area (Å²) in [7, 11) is 5.83. The molecule has 36 heavy (non-hydrogen) atoms. The van der Waals surface area contributed by atoms with E-state index in [2.05, 4.69) is 30.7 Å². The lowest BCUT2D eigenvalue weighted by molar-refractivity contribution is -0.672. The molecule has 5 aromatic rings. The smallest absolute Gasteiger partial charge is 0.245 e. The number of para-hydroxylation sites is 1. The third-order valence-electron chi connectivity index (χ3n) is 6.14. The third-order valence-corrected chi connectivity index (χ3v) is 6.14. The van der Waals surface area contributed by atoms with Crippen molar-refractivity contribution in [3.63, 3.8) is 0 Å². The van der Waals surface area contributed by atoms with Gasteiger partial charge in [-0.15, -0.1) is 0 Å². The summed E-state index contributed by atoms with van der Waals surface area (Å²) in [6.07, 6.45) is 8.13. The van der Waals surface area contributed by atoms with Gasteiger partial charge in [-0.25, -0.2) is 4.57 Å². The van der Waals surface area contributed by atoms with E-state index < -0.39 is 0 Å². The number of aromatic nitrogens is 3. The number of fused-ring (bicyclic) bond motifs is 3. The highest BCUT2D eigenvalue weighted by Gasteiger charge is 2.14. The van der Waals surface area contributed by atoms with Crippen LogP contribution in [0.2, 0.25) is 0 Å². The predicted octanol–water partition coefficient (Wildman–Crippen LogP) is 4.41. The number of rotatable bonds is 3. The molecular weight excluding hydrogens is 450 g/mol. The maximum atomic E-state index is 11.2. The fourth-order valence-corrected chi connectivity index (χ4v) is 4.16. The lowest BCUT2D eigenvalue weighted by Gasteiger charge is -2.06. The number of benzene rings is 2. The van der Waals surface area contributed by atoms with Gasteiger partial charge in [0.2, 0.25) is 12.0 Å². The van der Waals surface area contributed by atoms with Gasteiger partial charge in [-0.05, 0) is 43.2 Å². The molecule has 0 spiro atoms. The van der Waals surface area contributed by atoms with E-state index in [4.69, 9.17) is 0 Å². The molecule has 0 saturated heterocycles. The van der Waals surface area contributed by atoms with Crippen LogP contribution in [0, 0.1) is 13.8 Å². The van der Waals surface area contributed by atoms with Gasteiger partial charge in [-0.1, -0.05) is 18.2 Å². The Bertz CT molecular complexity index is 1530. The van der Waals surface area contributed by atoms with Crippen LogP contribution in [0.4, 0.5) is 0 Å². The Labute approximate surface area is 211 Å². The minimum Gasteiger partial charge on any atom is -0.343 e. The molecule has 0 aliphatic rings. The van der Waals surface area contributed by atoms with Crippen molar-refractivity contribution in [2.75, 3.05) is 0 Å². The Hall–Kier alpha value is -4.45. The zero-order chi connectivity index (χ0) is 26.2. The lowest BCUT2D eigenvalue weighted by Crippen LogP contribution is -2.32. The van der Waals surface area contributed by atoms with E-state index in [1.54, 1.807) is 22.8 Å². The van der Waals surface area contributed by atoms with Crippen LogP contribution < -0.4 is 9.13 Å². The number of pyridine rings is 2. The average molecular weight is 482 g/mol. The molecule has 0 saturated carbocycles. The first-order valence-corrected chi connectivity index (χ1v) is 11.5. The first-order valence-electron chi connectivity index (χ1n) is 11.5. The normalized spacial score (nSPS) is 10.1. The number of aryl methyl sites for hydroxylation is 5. The van der Waals surface area contributed by atoms with E-state index >= 15 is 0 Å². The zero-order valence-electron chi connectivity index (χ0n) is 21.3. The highest BCUT2D eigenvalue weighted by molar-refractivity contribution is 6.12. The maximum Gasteiger partial charge on any atom is 0.245 e. The van der Waals surface area contributed by atoms with Crippen LogP contribution >= 0.6 is 0 Å². The third kappa shape index (κ3) is 5.61. The second-order valence-corrected chi connectivity index (χ2v) is 8.59. The van der Waals surface area contributed by atoms with Crippen molar-refractivity contribution in [3.05, 3.63) is 107 Å². The summed E-state index contributed by atoms with van der Waals surface area (Å²) in [5, 5.41) is 2.43. The van der Waals surface area contributed by atoms with Crippen LogP contribution in [0.1, 0.15) is 42.3 Å². The Kier molecular flexibility index (Phi) is 8.57. The van der Waals surface area contributed by atoms with Crippen molar-refractivity contribution in [2.24, 2.45) is 21.1 Å². The molecule has 6 heteroatoms. The van der Waals surface area contributed by atoms with Crippen molar-refractivity contribution in [1.29, 1.82) is 0 Å². The number of carbonyl (C=O) groups excluding carboxylic acids is 3. The van der Waals surface area contributed by atoms with Gasteiger partial charge in [0.1, 0.15) is 20.4 Å². The summed E-state index contributed by atoms with van der Waals surface area (Å²) in [4.78, 5) is 31.5. The Morgan fingerprint density at radius 1 is 0.778 bits per heavy atom. The number of aldehydes is 3. The van der Waals surface area contributed by atoms with Crippen LogP contribution in [-0.4, -0.2) is 23.4 Å². The molecule has 0 radical (unpaired) electrons. The minimum atomic E-state index is 0.692. The second-order valence-electron chi connectivity index (χ2n) is 8.59. The molecule has 0 unspecified atom stereocenters. The van der Waals surface area contributed by atoms with Crippen LogP contribution in [0.3, 0.4) is 0 Å². The van der Waals surface area contributed by atoms with Gasteiger partial charge in [0.25, 0.3) is 0 Å². The van der Waals surface area contributed by atoms with Crippen LogP contribution in [0.5, 0.6) is 0 Å². The van der Waals surface area contributed by atoms with Crippen molar-refractivity contribution in [1.82, 2.24) is 4.57 Å². The van der Waals surface area contributed by atoms with E-state index in [1.165, 1.54) is 21.8 Å². The van der Waals surface area contributed by atoms with E-state index in [-0.39, 0.29) is 0 Å². The van der Waals surface area contributed by atoms with Crippen molar-refractivity contribution in [2.45, 2.75) is 13.8 Å². The summed E-state index contributed by atoms with van der Waals surface area (Å²) >= 11 is 0. The van der Waals surface area contributed by atoms with Gasteiger partial charge in [-0.3, -0.25) is 14.4 Å². The van der Waals surface area contributed by atoms with Gasteiger partial charge in [0.05, 0.1) is 5.52 Å². The van der Waals surface area contributed by atoms with Gasteiger partial charge in [0.15, 0.2) is 24.9 Å². The molecule has 0 bridgehead atoms. The molecule has 3 heterocycles. The largest absolute Gasteiger partial charge is 0.343 e. The van der Waals surface area contributed by atoms with Gasteiger partial charge in [-0.2, -0.15) is 4.57 Å². The van der Waals surface area contributed by atoms with E-state index in [9.17, 15) is 14.4 Å². The Balaban J connectivity index is 0.000000169. The fraction of sp³-hybridized carbons (Fsp3) is 0.167. The molecule has 2 aromatic carbocycles. The molecule has 0 amide bonds. The molecule has 0 aliphatic carbocycles. The first-order chi connectivity index (χ1) is 17.3. The topological polar surface area (TPSA) is 63.9 Å². The molecular formula is C30H31N3O3+2. The highest BCUT2D eigenvalue weighted by atomic mass is 16.1. The summed E-state index contributed by atoms with van der Waals surface area (Å²) in [6.45, 7) is 4.09. The van der Waals surface area contributed by atoms with E-state index in [1.807, 2.05) is 74.5 Å². The molecule has 0 atom stereocenters. The van der Waals surface area contributed by atoms with Crippen molar-refractivity contribution < 1.29 is 23.5 Å². The van der Waals surface area contributed by atoms with Crippen LogP contribution in [0.25, 0.3) is 21.8 Å². The summed E-state index contributed by atoms with van der Waals surface area (Å²) in [5.74, 6) is 0. The van der Waals surface area contributed by atoms with Gasteiger partial charge < -0.3 is 4.57 Å². The first kappa shape index (κ1) is 26.2. The minimum absolute atomic E-state index is 0.692. The molecule has 5 rings (SSSR count). The number of nitrogens with zero attached hydrogens (tertiary/aromatic N) is 3. The lowest BCUT2D eigenvalue weighted by atomic mass is 9.99. The van der Waals surface area contributed by atoms with E-state index in [0.717, 1.165) is 35.5 Å². The van der Waals surface area contributed by atoms with Gasteiger partial charge in [0, 0.05) is 58.7 Å². The number of hydrogen-bond donors (Lipinski definition) is 0. The second kappa shape index (κ2) is 11.8. The fourth-order valence-electron chi connectivity index (χ4n) is 4.16. The predicted molar refractivity (Wildman–Crippen MR) is 141 cm³/mol. The number of carbonyl (C=O) groups is 3. The summed E-state index contributed by atoms with van der Waals surface area (Å²) < 4.78 is 5.86. The molecule has 0 aliphatic heterocycles. The monoisotopic (exact) mass is 481 g/mol. The highest BCUT2D eigenvalue weighted by Crippen LogP contribution is 2.33. The Morgan fingerprint density at radius 2 is 1.44 bits per heavy atom. The summed E-state index contributed by atoms with van der Waals surface area (Å²) in [5.41, 5.74) is 6.85. The molecule has 6 nitrogen and oxygen atoms in total. The molecule has 3 aromatic heterocycles. The zero-order valence-corrected chi connectivity index (χ0v) is 21.3. The van der Waals surface area contributed by atoms with Crippen LogP contribution in [-0.2, 0) is 21.1 Å². The van der Waals surface area contributed by atoms with Crippen molar-refractivity contribution in [3.8, 4) is 0 Å².